The zero-order valence-corrected chi connectivity index (χ0v) is 11.5. The van der Waals surface area contributed by atoms with E-state index < -0.39 is 29.5 Å². The average Bonchev–Trinajstić information content (AvgIpc) is 2.71. The fraction of sp³-hybridized carbons (Fsp3) is 0.125. The number of carbonyl (C=O) groups excluding carboxylic acids is 2. The van der Waals surface area contributed by atoms with Gasteiger partial charge in [-0.1, -0.05) is 0 Å². The molecule has 0 unspecified atom stereocenters. The number of amides is 1. The number of benzene rings is 2. The number of anilines is 2. The molecular weight excluding hydrogens is 287 g/mol. The summed E-state index contributed by atoms with van der Waals surface area (Å²) in [5.74, 6) is -1.76. The highest BCUT2D eigenvalue weighted by atomic mass is 19.1. The SMILES string of the molecule is Nc1ccc(C(=O)C[C@@]2(O)C(=O)Nc3ccc(F)cc32)cc1. The Hall–Kier alpha value is -2.73. The number of nitrogen functional groups attached to an aromatic ring is 1. The van der Waals surface area contributed by atoms with Gasteiger partial charge in [0.1, 0.15) is 5.82 Å². The highest BCUT2D eigenvalue weighted by Crippen LogP contribution is 2.39. The van der Waals surface area contributed by atoms with Crippen LogP contribution in [0.3, 0.4) is 0 Å². The van der Waals surface area contributed by atoms with E-state index in [0.29, 0.717) is 16.9 Å². The Kier molecular flexibility index (Phi) is 3.18. The van der Waals surface area contributed by atoms with E-state index in [4.69, 9.17) is 5.73 Å². The maximum absolute atomic E-state index is 13.4. The molecule has 22 heavy (non-hydrogen) atoms. The van der Waals surface area contributed by atoms with Crippen LogP contribution < -0.4 is 11.1 Å². The van der Waals surface area contributed by atoms with Gasteiger partial charge in [-0.2, -0.15) is 0 Å². The van der Waals surface area contributed by atoms with Crippen LogP contribution in [-0.4, -0.2) is 16.8 Å². The Balaban J connectivity index is 1.94. The fourth-order valence-electron chi connectivity index (χ4n) is 2.49. The lowest BCUT2D eigenvalue weighted by Gasteiger charge is -2.20. The van der Waals surface area contributed by atoms with Gasteiger partial charge in [-0.05, 0) is 42.5 Å². The van der Waals surface area contributed by atoms with Gasteiger partial charge in [-0.25, -0.2) is 4.39 Å². The summed E-state index contributed by atoms with van der Waals surface area (Å²) < 4.78 is 13.4. The monoisotopic (exact) mass is 300 g/mol. The normalized spacial score (nSPS) is 19.6. The van der Waals surface area contributed by atoms with Gasteiger partial charge in [0.25, 0.3) is 5.91 Å². The molecule has 0 saturated heterocycles. The number of aliphatic hydroxyl groups is 1. The van der Waals surface area contributed by atoms with Gasteiger partial charge in [-0.15, -0.1) is 0 Å². The van der Waals surface area contributed by atoms with Gasteiger partial charge in [0, 0.05) is 22.5 Å². The summed E-state index contributed by atoms with van der Waals surface area (Å²) in [6, 6.07) is 9.73. The zero-order valence-electron chi connectivity index (χ0n) is 11.5. The van der Waals surface area contributed by atoms with Crippen molar-refractivity contribution in [2.75, 3.05) is 11.1 Å². The second-order valence-electron chi connectivity index (χ2n) is 5.23. The minimum absolute atomic E-state index is 0.0706. The number of rotatable bonds is 3. The molecule has 1 aliphatic rings. The maximum atomic E-state index is 13.4. The van der Waals surface area contributed by atoms with Crippen LogP contribution in [-0.2, 0) is 10.4 Å². The fourth-order valence-corrected chi connectivity index (χ4v) is 2.49. The molecule has 2 aromatic carbocycles. The molecule has 0 aliphatic carbocycles. The van der Waals surface area contributed by atoms with E-state index in [1.54, 1.807) is 12.1 Å². The zero-order chi connectivity index (χ0) is 15.9. The molecule has 0 spiro atoms. The number of carbonyl (C=O) groups is 2. The first-order chi connectivity index (χ1) is 10.4. The first-order valence-electron chi connectivity index (χ1n) is 6.63. The molecule has 1 heterocycles. The van der Waals surface area contributed by atoms with Crippen molar-refractivity contribution in [2.45, 2.75) is 12.0 Å². The molecule has 0 radical (unpaired) electrons. The van der Waals surface area contributed by atoms with Crippen LogP contribution in [0.15, 0.2) is 42.5 Å². The smallest absolute Gasteiger partial charge is 0.261 e. The summed E-state index contributed by atoms with van der Waals surface area (Å²) >= 11 is 0. The average molecular weight is 300 g/mol. The van der Waals surface area contributed by atoms with E-state index >= 15 is 0 Å². The third-order valence-electron chi connectivity index (χ3n) is 3.70. The number of hydrogen-bond acceptors (Lipinski definition) is 4. The van der Waals surface area contributed by atoms with Crippen molar-refractivity contribution in [1.82, 2.24) is 0 Å². The molecule has 5 nitrogen and oxygen atoms in total. The summed E-state index contributed by atoms with van der Waals surface area (Å²) in [4.78, 5) is 24.3. The second kappa shape index (κ2) is 4.92. The van der Waals surface area contributed by atoms with E-state index in [2.05, 4.69) is 5.32 Å². The number of nitrogens with two attached hydrogens (primary N) is 1. The van der Waals surface area contributed by atoms with Crippen LogP contribution in [0.25, 0.3) is 0 Å². The summed E-state index contributed by atoms with van der Waals surface area (Å²) in [5, 5.41) is 13.1. The highest BCUT2D eigenvalue weighted by Gasteiger charge is 2.47. The first kappa shape index (κ1) is 14.2. The molecule has 0 saturated carbocycles. The summed E-state index contributed by atoms with van der Waals surface area (Å²) in [5.41, 5.74) is 4.67. The second-order valence-corrected chi connectivity index (χ2v) is 5.23. The Morgan fingerprint density at radius 1 is 1.23 bits per heavy atom. The maximum Gasteiger partial charge on any atom is 0.261 e. The number of hydrogen-bond donors (Lipinski definition) is 3. The lowest BCUT2D eigenvalue weighted by molar-refractivity contribution is -0.133. The van der Waals surface area contributed by atoms with Crippen LogP contribution in [0.4, 0.5) is 15.8 Å². The van der Waals surface area contributed by atoms with Crippen molar-refractivity contribution in [3.63, 3.8) is 0 Å². The van der Waals surface area contributed by atoms with Crippen molar-refractivity contribution < 1.29 is 19.1 Å². The van der Waals surface area contributed by atoms with Crippen molar-refractivity contribution in [2.24, 2.45) is 0 Å². The molecule has 1 amide bonds. The van der Waals surface area contributed by atoms with Crippen LogP contribution >= 0.6 is 0 Å². The summed E-state index contributed by atoms with van der Waals surface area (Å²) in [6.07, 6.45) is -0.473. The standard InChI is InChI=1S/C16H13FN2O3/c17-10-3-6-13-12(7-10)16(22,15(21)19-13)8-14(20)9-1-4-11(18)5-2-9/h1-7,22H,8,18H2,(H,19,21)/t16-/m0/s1. The molecule has 2 aromatic rings. The lowest BCUT2D eigenvalue weighted by atomic mass is 9.88. The topological polar surface area (TPSA) is 92.4 Å². The van der Waals surface area contributed by atoms with E-state index in [0.717, 1.165) is 6.07 Å². The van der Waals surface area contributed by atoms with Gasteiger partial charge >= 0.3 is 0 Å². The van der Waals surface area contributed by atoms with Crippen molar-refractivity contribution >= 4 is 23.1 Å². The number of ketones is 1. The van der Waals surface area contributed by atoms with Gasteiger partial charge in [0.2, 0.25) is 0 Å². The first-order valence-corrected chi connectivity index (χ1v) is 6.63. The number of halogens is 1. The predicted molar refractivity (Wildman–Crippen MR) is 78.7 cm³/mol. The van der Waals surface area contributed by atoms with Crippen LogP contribution in [0, 0.1) is 5.82 Å². The van der Waals surface area contributed by atoms with E-state index in [9.17, 15) is 19.1 Å². The van der Waals surface area contributed by atoms with Gasteiger partial charge < -0.3 is 16.2 Å². The third-order valence-corrected chi connectivity index (χ3v) is 3.70. The summed E-state index contributed by atoms with van der Waals surface area (Å²) in [7, 11) is 0. The van der Waals surface area contributed by atoms with Crippen LogP contribution in [0.5, 0.6) is 0 Å². The van der Waals surface area contributed by atoms with Gasteiger partial charge in [0.05, 0.1) is 6.42 Å². The molecule has 6 heteroatoms. The molecular formula is C16H13FN2O3. The quantitative estimate of drug-likeness (QED) is 0.595. The van der Waals surface area contributed by atoms with Gasteiger partial charge in [0.15, 0.2) is 11.4 Å². The van der Waals surface area contributed by atoms with E-state index in [1.807, 2.05) is 0 Å². The van der Waals surface area contributed by atoms with E-state index in [1.165, 1.54) is 24.3 Å². The Labute approximate surface area is 125 Å². The number of fused-ring (bicyclic) bond motifs is 1. The molecule has 4 N–H and O–H groups in total. The minimum atomic E-state index is -2.07. The third kappa shape index (κ3) is 2.23. The highest BCUT2D eigenvalue weighted by molar-refractivity contribution is 6.09. The molecule has 0 fully saturated rings. The number of Topliss-reactive ketones (excluding diaryl/α,β-unsaturated/α-hetero) is 1. The molecule has 112 valence electrons. The van der Waals surface area contributed by atoms with Crippen LogP contribution in [0.2, 0.25) is 0 Å². The Morgan fingerprint density at radius 2 is 1.91 bits per heavy atom. The van der Waals surface area contributed by atoms with Crippen LogP contribution in [0.1, 0.15) is 22.3 Å². The van der Waals surface area contributed by atoms with Gasteiger partial charge in [-0.3, -0.25) is 9.59 Å². The molecule has 1 atom stereocenters. The van der Waals surface area contributed by atoms with Crippen molar-refractivity contribution in [3.05, 3.63) is 59.4 Å². The molecule has 0 aromatic heterocycles. The van der Waals surface area contributed by atoms with Crippen molar-refractivity contribution in [1.29, 1.82) is 0 Å². The minimum Gasteiger partial charge on any atom is -0.399 e. The predicted octanol–water partition coefficient (Wildman–Crippen LogP) is 1.82. The lowest BCUT2D eigenvalue weighted by Crippen LogP contribution is -2.36. The number of nitrogens with one attached hydrogen (secondary N) is 1. The Bertz CT molecular complexity index is 773. The van der Waals surface area contributed by atoms with Crippen molar-refractivity contribution in [3.8, 4) is 0 Å². The van der Waals surface area contributed by atoms with E-state index in [-0.39, 0.29) is 5.56 Å². The Morgan fingerprint density at radius 3 is 2.59 bits per heavy atom. The molecule has 0 bridgehead atoms. The summed E-state index contributed by atoms with van der Waals surface area (Å²) in [6.45, 7) is 0. The molecule has 3 rings (SSSR count). The largest absolute Gasteiger partial charge is 0.399 e. The molecule has 1 aliphatic heterocycles.